The Morgan fingerprint density at radius 3 is 2.54 bits per heavy atom. The van der Waals surface area contributed by atoms with Gasteiger partial charge in [0.25, 0.3) is 0 Å². The fraction of sp³-hybridized carbons (Fsp3) is 0.222. The molecule has 28 heavy (non-hydrogen) atoms. The molecule has 2 N–H and O–H groups in total. The van der Waals surface area contributed by atoms with E-state index in [9.17, 15) is 12.8 Å². The Morgan fingerprint density at radius 1 is 1.29 bits per heavy atom. The van der Waals surface area contributed by atoms with Gasteiger partial charge in [-0.1, -0.05) is 36.7 Å². The Bertz CT molecular complexity index is 1130. The Kier molecular flexibility index (Phi) is 6.90. The summed E-state index contributed by atoms with van der Waals surface area (Å²) in [5.41, 5.74) is 2.12. The average Bonchev–Trinajstić information content (AvgIpc) is 3.02. The number of fused-ring (bicyclic) bond motifs is 1. The first-order valence-corrected chi connectivity index (χ1v) is 10.4. The van der Waals surface area contributed by atoms with Gasteiger partial charge in [-0.05, 0) is 30.2 Å². The van der Waals surface area contributed by atoms with Crippen LogP contribution in [0, 0.1) is 5.82 Å². The third-order valence-electron chi connectivity index (χ3n) is 4.00. The van der Waals surface area contributed by atoms with E-state index in [4.69, 9.17) is 21.2 Å². The van der Waals surface area contributed by atoms with E-state index >= 15 is 0 Å². The van der Waals surface area contributed by atoms with E-state index in [1.807, 2.05) is 13.0 Å². The molecule has 0 spiro atoms. The summed E-state index contributed by atoms with van der Waals surface area (Å²) in [4.78, 5) is 16.2. The van der Waals surface area contributed by atoms with Crippen molar-refractivity contribution in [2.24, 2.45) is 0 Å². The van der Waals surface area contributed by atoms with E-state index < -0.39 is 10.0 Å². The van der Waals surface area contributed by atoms with Crippen LogP contribution in [0.1, 0.15) is 30.5 Å². The molecule has 148 valence electrons. The number of carbonyl (C=O) groups excluding carboxylic acids is 2. The number of H-pyrrole nitrogens is 1. The lowest BCUT2D eigenvalue weighted by Crippen LogP contribution is -2.09. The molecule has 2 aromatic carbocycles. The van der Waals surface area contributed by atoms with Gasteiger partial charge in [0.15, 0.2) is 0 Å². The molecule has 0 aliphatic rings. The van der Waals surface area contributed by atoms with E-state index in [-0.39, 0.29) is 17.9 Å². The number of nitrogens with zero attached hydrogens (tertiary/aromatic N) is 1. The quantitative estimate of drug-likeness (QED) is 0.648. The predicted molar refractivity (Wildman–Crippen MR) is 103 cm³/mol. The van der Waals surface area contributed by atoms with Crippen molar-refractivity contribution in [1.82, 2.24) is 10.2 Å². The maximum absolute atomic E-state index is 14.4. The first kappa shape index (κ1) is 21.6. The lowest BCUT2D eigenvalue weighted by atomic mass is 9.91. The number of hydrogen-bond acceptors (Lipinski definition) is 5. The molecule has 1 unspecified atom stereocenters. The normalized spacial score (nSPS) is 12.0. The summed E-state index contributed by atoms with van der Waals surface area (Å²) in [5.74, 6) is -0.636. The van der Waals surface area contributed by atoms with Gasteiger partial charge >= 0.3 is 6.15 Å². The number of para-hydroxylation sites is 1. The van der Waals surface area contributed by atoms with E-state index in [0.29, 0.717) is 28.2 Å². The van der Waals surface area contributed by atoms with Crippen molar-refractivity contribution in [2.45, 2.75) is 19.3 Å². The number of nitrogens with one attached hydrogen (secondary N) is 2. The van der Waals surface area contributed by atoms with Crippen LogP contribution < -0.4 is 4.72 Å². The van der Waals surface area contributed by atoms with Crippen LogP contribution >= 0.6 is 11.6 Å². The number of halogens is 2. The molecule has 0 bridgehead atoms. The first-order chi connectivity index (χ1) is 13.2. The summed E-state index contributed by atoms with van der Waals surface area (Å²) in [5, 5.41) is 8.27. The minimum atomic E-state index is -3.43. The van der Waals surface area contributed by atoms with Gasteiger partial charge in [-0.25, -0.2) is 12.8 Å². The molecule has 0 radical (unpaired) electrons. The second-order valence-electron chi connectivity index (χ2n) is 5.92. The molecule has 3 aromatic rings. The van der Waals surface area contributed by atoms with Gasteiger partial charge in [0.1, 0.15) is 11.3 Å². The predicted octanol–water partition coefficient (Wildman–Crippen LogP) is 3.69. The second kappa shape index (κ2) is 8.97. The van der Waals surface area contributed by atoms with Crippen LogP contribution in [0.2, 0.25) is 5.02 Å². The van der Waals surface area contributed by atoms with Crippen molar-refractivity contribution < 1.29 is 22.4 Å². The number of benzene rings is 2. The molecule has 0 amide bonds. The number of anilines is 1. The minimum absolute atomic E-state index is 0.250. The molecular weight excluding hydrogens is 409 g/mol. The number of sulfonamides is 1. The van der Waals surface area contributed by atoms with Crippen molar-refractivity contribution in [3.8, 4) is 0 Å². The van der Waals surface area contributed by atoms with E-state index in [2.05, 4.69) is 14.9 Å². The van der Waals surface area contributed by atoms with E-state index in [1.54, 1.807) is 24.3 Å². The number of rotatable bonds is 5. The highest BCUT2D eigenvalue weighted by Crippen LogP contribution is 2.35. The van der Waals surface area contributed by atoms with E-state index in [0.717, 1.165) is 17.3 Å². The van der Waals surface area contributed by atoms with Crippen molar-refractivity contribution >= 4 is 44.4 Å². The average molecular weight is 426 g/mol. The third-order valence-corrected chi connectivity index (χ3v) is 4.83. The standard InChI is InChI=1S/C17H17ClFN3O2S.CO2/c1-3-11(12-8-7-10(18)9-14(12)19)16-13-5-4-6-15(17(13)21-20-16)22-25(2,23)24;2-1-3/h4-9,11,22H,3H2,1-2H3,(H,20,21);. The highest BCUT2D eigenvalue weighted by atomic mass is 35.5. The van der Waals surface area contributed by atoms with Gasteiger partial charge in [0.2, 0.25) is 10.0 Å². The van der Waals surface area contributed by atoms with Gasteiger partial charge in [-0.3, -0.25) is 9.82 Å². The SMILES string of the molecule is CCC(c1ccc(Cl)cc1F)c1[nH]nc2c(NS(C)(=O)=O)cccc12.O=C=O. The number of aromatic amines is 1. The zero-order valence-electron chi connectivity index (χ0n) is 15.0. The number of hydrogen-bond donors (Lipinski definition) is 2. The Morgan fingerprint density at radius 2 is 1.96 bits per heavy atom. The van der Waals surface area contributed by atoms with Crippen LogP contribution in [-0.4, -0.2) is 31.0 Å². The summed E-state index contributed by atoms with van der Waals surface area (Å²) >= 11 is 5.84. The molecular formula is C18H17ClFN3O4S. The van der Waals surface area contributed by atoms with Crippen molar-refractivity contribution in [1.29, 1.82) is 0 Å². The van der Waals surface area contributed by atoms with Gasteiger partial charge in [-0.15, -0.1) is 0 Å². The lowest BCUT2D eigenvalue weighted by Gasteiger charge is -2.15. The van der Waals surface area contributed by atoms with Gasteiger partial charge in [-0.2, -0.15) is 14.7 Å². The fourth-order valence-corrected chi connectivity index (χ4v) is 3.69. The topological polar surface area (TPSA) is 109 Å². The zero-order chi connectivity index (χ0) is 20.9. The summed E-state index contributed by atoms with van der Waals surface area (Å²) in [6, 6.07) is 9.80. The molecule has 0 aliphatic heterocycles. The molecule has 0 fully saturated rings. The smallest absolute Gasteiger partial charge is 0.281 e. The molecule has 7 nitrogen and oxygen atoms in total. The van der Waals surface area contributed by atoms with Gasteiger partial charge in [0, 0.05) is 16.3 Å². The molecule has 10 heteroatoms. The van der Waals surface area contributed by atoms with Crippen molar-refractivity contribution in [2.75, 3.05) is 11.0 Å². The zero-order valence-corrected chi connectivity index (χ0v) is 16.6. The summed E-state index contributed by atoms with van der Waals surface area (Å²) in [6.07, 6.45) is 1.97. The third kappa shape index (κ3) is 4.95. The molecule has 0 saturated carbocycles. The maximum atomic E-state index is 14.4. The molecule has 1 aromatic heterocycles. The van der Waals surface area contributed by atoms with Gasteiger partial charge in [0.05, 0.1) is 17.6 Å². The Balaban J connectivity index is 0.000000878. The van der Waals surface area contributed by atoms with Crippen LogP contribution in [0.4, 0.5) is 10.1 Å². The van der Waals surface area contributed by atoms with Crippen LogP contribution in [0.25, 0.3) is 10.9 Å². The van der Waals surface area contributed by atoms with Crippen LogP contribution in [0.3, 0.4) is 0 Å². The largest absolute Gasteiger partial charge is 0.373 e. The molecule has 0 saturated heterocycles. The number of aromatic nitrogens is 2. The molecule has 0 aliphatic carbocycles. The summed E-state index contributed by atoms with van der Waals surface area (Å²) < 4.78 is 39.9. The van der Waals surface area contributed by atoms with Crippen LogP contribution in [-0.2, 0) is 19.6 Å². The highest BCUT2D eigenvalue weighted by molar-refractivity contribution is 7.92. The Labute approximate surface area is 166 Å². The van der Waals surface area contributed by atoms with Crippen LogP contribution in [0.15, 0.2) is 36.4 Å². The Hall–Kier alpha value is -2.74. The fourth-order valence-electron chi connectivity index (χ4n) is 2.97. The first-order valence-electron chi connectivity index (χ1n) is 8.10. The molecule has 1 heterocycles. The van der Waals surface area contributed by atoms with Gasteiger partial charge < -0.3 is 0 Å². The monoisotopic (exact) mass is 425 g/mol. The summed E-state index contributed by atoms with van der Waals surface area (Å²) in [7, 11) is -3.43. The molecule has 1 atom stereocenters. The van der Waals surface area contributed by atoms with E-state index in [1.165, 1.54) is 6.07 Å². The van der Waals surface area contributed by atoms with Crippen molar-refractivity contribution in [3.05, 3.63) is 58.5 Å². The van der Waals surface area contributed by atoms with Crippen molar-refractivity contribution in [3.63, 3.8) is 0 Å². The van der Waals surface area contributed by atoms with Crippen LogP contribution in [0.5, 0.6) is 0 Å². The highest BCUT2D eigenvalue weighted by Gasteiger charge is 2.22. The second-order valence-corrected chi connectivity index (χ2v) is 8.11. The lowest BCUT2D eigenvalue weighted by molar-refractivity contribution is -0.191. The summed E-state index contributed by atoms with van der Waals surface area (Å²) in [6.45, 7) is 1.95. The molecule has 3 rings (SSSR count). The maximum Gasteiger partial charge on any atom is 0.373 e. The minimum Gasteiger partial charge on any atom is -0.281 e.